The van der Waals surface area contributed by atoms with Gasteiger partial charge in [-0.1, -0.05) is 24.6 Å². The van der Waals surface area contributed by atoms with Crippen molar-refractivity contribution in [3.8, 4) is 0 Å². The smallest absolute Gasteiger partial charge is 0.410 e. The molecule has 148 valence electrons. The number of carbonyl (C=O) groups is 2. The normalized spacial score (nSPS) is 20.9. The minimum absolute atomic E-state index is 0.184. The number of hydrogen-bond donors (Lipinski definition) is 2. The zero-order chi connectivity index (χ0) is 19.6. The van der Waals surface area contributed by atoms with Gasteiger partial charge < -0.3 is 15.0 Å². The molecule has 1 aliphatic carbocycles. The summed E-state index contributed by atoms with van der Waals surface area (Å²) in [5, 5.41) is 2.68. The van der Waals surface area contributed by atoms with Crippen LogP contribution in [0.2, 0.25) is 0 Å². The topological polar surface area (TPSA) is 105 Å². The van der Waals surface area contributed by atoms with Gasteiger partial charge in [-0.3, -0.25) is 9.52 Å². The Morgan fingerprint density at radius 3 is 2.59 bits per heavy atom. The van der Waals surface area contributed by atoms with Gasteiger partial charge in [0.25, 0.3) is 0 Å². The van der Waals surface area contributed by atoms with Crippen molar-refractivity contribution in [1.29, 1.82) is 0 Å². The second kappa shape index (κ2) is 7.75. The number of hydrogen-bond acceptors (Lipinski definition) is 5. The number of rotatable bonds is 8. The molecular formula is C18H25N3O5S. The molecule has 1 aromatic carbocycles. The minimum atomic E-state index is -3.65. The van der Waals surface area contributed by atoms with Crippen molar-refractivity contribution in [2.75, 3.05) is 23.6 Å². The maximum atomic E-state index is 12.3. The summed E-state index contributed by atoms with van der Waals surface area (Å²) in [4.78, 5) is 25.6. The lowest BCUT2D eigenvalue weighted by Gasteiger charge is -2.15. The standard InChI is InChI=1S/C18H25N3O5S/c1-12-3-5-14(6-4-12)20-27(24,25)11-13(2)17(22)19-9-16-10-21(15-7-8-15)18(23)26-16/h3-6,13,15-16,20H,7-11H2,1-2H3,(H,19,22). The Labute approximate surface area is 159 Å². The van der Waals surface area contributed by atoms with Gasteiger partial charge in [0, 0.05) is 11.7 Å². The van der Waals surface area contributed by atoms with E-state index in [4.69, 9.17) is 4.74 Å². The van der Waals surface area contributed by atoms with Gasteiger partial charge >= 0.3 is 6.09 Å². The van der Waals surface area contributed by atoms with Crippen molar-refractivity contribution < 1.29 is 22.7 Å². The van der Waals surface area contributed by atoms with Crippen molar-refractivity contribution in [2.45, 2.75) is 38.8 Å². The summed E-state index contributed by atoms with van der Waals surface area (Å²) in [5.74, 6) is -1.44. The predicted molar refractivity (Wildman–Crippen MR) is 101 cm³/mol. The molecule has 8 nitrogen and oxygen atoms in total. The fourth-order valence-corrected chi connectivity index (χ4v) is 4.36. The molecule has 0 bridgehead atoms. The number of benzene rings is 1. The first kappa shape index (κ1) is 19.5. The lowest BCUT2D eigenvalue weighted by atomic mass is 10.2. The van der Waals surface area contributed by atoms with Crippen LogP contribution in [0.15, 0.2) is 24.3 Å². The summed E-state index contributed by atoms with van der Waals surface area (Å²) < 4.78 is 32.2. The largest absolute Gasteiger partial charge is 0.442 e. The van der Waals surface area contributed by atoms with Crippen molar-refractivity contribution in [2.24, 2.45) is 5.92 Å². The molecule has 1 aromatic rings. The summed E-state index contributed by atoms with van der Waals surface area (Å²) in [7, 11) is -3.65. The molecule has 2 unspecified atom stereocenters. The fourth-order valence-electron chi connectivity index (χ4n) is 2.97. The average molecular weight is 395 g/mol. The van der Waals surface area contributed by atoms with Crippen LogP contribution in [0.1, 0.15) is 25.3 Å². The van der Waals surface area contributed by atoms with E-state index in [0.29, 0.717) is 12.2 Å². The Morgan fingerprint density at radius 1 is 1.30 bits per heavy atom. The minimum Gasteiger partial charge on any atom is -0.442 e. The van der Waals surface area contributed by atoms with Crippen LogP contribution in [0.25, 0.3) is 0 Å². The molecule has 2 atom stereocenters. The summed E-state index contributed by atoms with van der Waals surface area (Å²) in [6, 6.07) is 7.24. The molecule has 1 aliphatic heterocycles. The third kappa shape index (κ3) is 5.35. The van der Waals surface area contributed by atoms with Gasteiger partial charge in [0.15, 0.2) is 0 Å². The zero-order valence-electron chi connectivity index (χ0n) is 15.5. The van der Waals surface area contributed by atoms with Gasteiger partial charge in [-0.2, -0.15) is 0 Å². The van der Waals surface area contributed by atoms with Gasteiger partial charge in [-0.05, 0) is 31.9 Å². The molecule has 1 saturated carbocycles. The highest BCUT2D eigenvalue weighted by Gasteiger charge is 2.41. The summed E-state index contributed by atoms with van der Waals surface area (Å²) in [6.45, 7) is 4.12. The summed E-state index contributed by atoms with van der Waals surface area (Å²) in [5.41, 5.74) is 1.49. The maximum absolute atomic E-state index is 12.3. The van der Waals surface area contributed by atoms with Crippen LogP contribution in [0.4, 0.5) is 10.5 Å². The summed E-state index contributed by atoms with van der Waals surface area (Å²) in [6.07, 6.45) is 1.26. The van der Waals surface area contributed by atoms with E-state index in [1.807, 2.05) is 19.1 Å². The molecule has 3 rings (SSSR count). The number of amides is 2. The zero-order valence-corrected chi connectivity index (χ0v) is 16.3. The maximum Gasteiger partial charge on any atom is 0.410 e. The molecular weight excluding hydrogens is 370 g/mol. The van der Waals surface area contributed by atoms with E-state index in [0.717, 1.165) is 18.4 Å². The highest BCUT2D eigenvalue weighted by Crippen LogP contribution is 2.30. The van der Waals surface area contributed by atoms with Gasteiger partial charge in [-0.15, -0.1) is 0 Å². The van der Waals surface area contributed by atoms with Crippen LogP contribution in [-0.4, -0.2) is 56.3 Å². The molecule has 27 heavy (non-hydrogen) atoms. The highest BCUT2D eigenvalue weighted by molar-refractivity contribution is 7.92. The van der Waals surface area contributed by atoms with E-state index in [1.54, 1.807) is 24.0 Å². The van der Waals surface area contributed by atoms with Crippen LogP contribution >= 0.6 is 0 Å². The molecule has 2 aliphatic rings. The molecule has 2 N–H and O–H groups in total. The Balaban J connectivity index is 1.45. The van der Waals surface area contributed by atoms with Crippen molar-refractivity contribution >= 4 is 27.7 Å². The van der Waals surface area contributed by atoms with Crippen LogP contribution < -0.4 is 10.0 Å². The first-order valence-electron chi connectivity index (χ1n) is 9.05. The molecule has 1 heterocycles. The second-order valence-electron chi connectivity index (χ2n) is 7.29. The van der Waals surface area contributed by atoms with Gasteiger partial charge in [0.2, 0.25) is 15.9 Å². The molecule has 0 radical (unpaired) electrons. The molecule has 9 heteroatoms. The van der Waals surface area contributed by atoms with E-state index >= 15 is 0 Å². The van der Waals surface area contributed by atoms with Crippen molar-refractivity contribution in [3.05, 3.63) is 29.8 Å². The van der Waals surface area contributed by atoms with E-state index in [2.05, 4.69) is 10.0 Å². The van der Waals surface area contributed by atoms with Crippen LogP contribution in [-0.2, 0) is 19.6 Å². The molecule has 0 spiro atoms. The second-order valence-corrected chi connectivity index (χ2v) is 9.05. The van der Waals surface area contributed by atoms with E-state index in [1.165, 1.54) is 0 Å². The third-order valence-electron chi connectivity index (χ3n) is 4.64. The lowest BCUT2D eigenvalue weighted by Crippen LogP contribution is -2.39. The highest BCUT2D eigenvalue weighted by atomic mass is 32.2. The summed E-state index contributed by atoms with van der Waals surface area (Å²) >= 11 is 0. The molecule has 2 amide bonds. The number of carbonyl (C=O) groups excluding carboxylic acids is 2. The monoisotopic (exact) mass is 395 g/mol. The Hall–Kier alpha value is -2.29. The van der Waals surface area contributed by atoms with E-state index < -0.39 is 22.0 Å². The van der Waals surface area contributed by atoms with Crippen LogP contribution in [0.5, 0.6) is 0 Å². The number of nitrogens with one attached hydrogen (secondary N) is 2. The lowest BCUT2D eigenvalue weighted by molar-refractivity contribution is -0.124. The first-order chi connectivity index (χ1) is 12.7. The average Bonchev–Trinajstić information content (AvgIpc) is 3.37. The number of cyclic esters (lactones) is 1. The van der Waals surface area contributed by atoms with Crippen molar-refractivity contribution in [3.63, 3.8) is 0 Å². The van der Waals surface area contributed by atoms with Crippen LogP contribution in [0, 0.1) is 12.8 Å². The fraction of sp³-hybridized carbons (Fsp3) is 0.556. The van der Waals surface area contributed by atoms with Crippen LogP contribution in [0.3, 0.4) is 0 Å². The van der Waals surface area contributed by atoms with Gasteiger partial charge in [-0.25, -0.2) is 13.2 Å². The Kier molecular flexibility index (Phi) is 5.59. The molecule has 1 saturated heterocycles. The SMILES string of the molecule is Cc1ccc(NS(=O)(=O)CC(C)C(=O)NCC2CN(C3CC3)C(=O)O2)cc1. The first-order valence-corrected chi connectivity index (χ1v) is 10.7. The van der Waals surface area contributed by atoms with Crippen molar-refractivity contribution in [1.82, 2.24) is 10.2 Å². The molecule has 2 fully saturated rings. The third-order valence-corrected chi connectivity index (χ3v) is 6.12. The van der Waals surface area contributed by atoms with Gasteiger partial charge in [0.05, 0.1) is 24.8 Å². The molecule has 0 aromatic heterocycles. The quantitative estimate of drug-likeness (QED) is 0.694. The Morgan fingerprint density at radius 2 is 1.96 bits per heavy atom. The number of sulfonamides is 1. The predicted octanol–water partition coefficient (Wildman–Crippen LogP) is 1.47. The number of ether oxygens (including phenoxy) is 1. The van der Waals surface area contributed by atoms with E-state index in [-0.39, 0.29) is 30.3 Å². The number of aryl methyl sites for hydroxylation is 1. The van der Waals surface area contributed by atoms with Gasteiger partial charge in [0.1, 0.15) is 6.10 Å². The number of nitrogens with zero attached hydrogens (tertiary/aromatic N) is 1. The van der Waals surface area contributed by atoms with E-state index in [9.17, 15) is 18.0 Å². The number of anilines is 1. The Bertz CT molecular complexity index is 805.